The highest BCUT2D eigenvalue weighted by molar-refractivity contribution is 5.42. The SMILES string of the molecule is CC(C)[N+]([O])(c1ccccc1)C(C)(C)C. The minimum atomic E-state index is -0.338. The monoisotopic (exact) mass is 207 g/mol. The van der Waals surface area contributed by atoms with Crippen LogP contribution in [-0.4, -0.2) is 11.6 Å². The van der Waals surface area contributed by atoms with Crippen LogP contribution in [0.2, 0.25) is 0 Å². The molecular formula is C13H21NO+. The van der Waals surface area contributed by atoms with Crippen molar-refractivity contribution in [2.24, 2.45) is 0 Å². The lowest BCUT2D eigenvalue weighted by Crippen LogP contribution is -2.62. The molecular weight excluding hydrogens is 186 g/mol. The van der Waals surface area contributed by atoms with Gasteiger partial charge in [-0.1, -0.05) is 18.2 Å². The van der Waals surface area contributed by atoms with Crippen molar-refractivity contribution in [3.63, 3.8) is 0 Å². The molecule has 2 nitrogen and oxygen atoms in total. The Morgan fingerprint density at radius 2 is 1.53 bits per heavy atom. The molecule has 2 heteroatoms. The molecule has 0 N–H and O–H groups in total. The molecule has 1 rings (SSSR count). The maximum absolute atomic E-state index is 13.0. The van der Waals surface area contributed by atoms with E-state index in [0.29, 0.717) is 0 Å². The van der Waals surface area contributed by atoms with Crippen LogP contribution in [0, 0.1) is 0 Å². The smallest absolute Gasteiger partial charge is 0.104 e. The van der Waals surface area contributed by atoms with Gasteiger partial charge < -0.3 is 0 Å². The number of para-hydroxylation sites is 1. The number of quaternary nitrogens is 1. The average molecular weight is 207 g/mol. The van der Waals surface area contributed by atoms with E-state index in [4.69, 9.17) is 0 Å². The number of hydrogen-bond donors (Lipinski definition) is 0. The summed E-state index contributed by atoms with van der Waals surface area (Å²) in [4.78, 5) is 0. The Morgan fingerprint density at radius 1 is 1.07 bits per heavy atom. The predicted octanol–water partition coefficient (Wildman–Crippen LogP) is 3.55. The van der Waals surface area contributed by atoms with Crippen LogP contribution in [0.4, 0.5) is 5.69 Å². The van der Waals surface area contributed by atoms with Gasteiger partial charge in [0.2, 0.25) is 0 Å². The maximum atomic E-state index is 13.0. The van der Waals surface area contributed by atoms with Gasteiger partial charge in [0.1, 0.15) is 11.6 Å². The van der Waals surface area contributed by atoms with Gasteiger partial charge in [0.15, 0.2) is 5.69 Å². The van der Waals surface area contributed by atoms with Crippen molar-refractivity contribution < 1.29 is 5.21 Å². The third-order valence-corrected chi connectivity index (χ3v) is 2.86. The Hall–Kier alpha value is -0.860. The first kappa shape index (κ1) is 12.2. The Bertz CT molecular complexity index is 313. The van der Waals surface area contributed by atoms with E-state index in [1.54, 1.807) is 0 Å². The van der Waals surface area contributed by atoms with E-state index in [-0.39, 0.29) is 16.2 Å². The second-order valence-electron chi connectivity index (χ2n) is 5.26. The normalized spacial score (nSPS) is 16.5. The van der Waals surface area contributed by atoms with Gasteiger partial charge in [0.25, 0.3) is 0 Å². The molecule has 0 saturated carbocycles. The second kappa shape index (κ2) is 3.95. The van der Waals surface area contributed by atoms with Crippen molar-refractivity contribution in [3.8, 4) is 0 Å². The Morgan fingerprint density at radius 3 is 1.87 bits per heavy atom. The molecule has 0 aromatic heterocycles. The van der Waals surface area contributed by atoms with Crippen LogP contribution in [0.15, 0.2) is 30.3 Å². The van der Waals surface area contributed by atoms with E-state index in [1.165, 1.54) is 0 Å². The van der Waals surface area contributed by atoms with Crippen LogP contribution in [-0.2, 0) is 5.21 Å². The fourth-order valence-corrected chi connectivity index (χ4v) is 2.11. The summed E-state index contributed by atoms with van der Waals surface area (Å²) >= 11 is 0. The second-order valence-corrected chi connectivity index (χ2v) is 5.26. The molecule has 0 aliphatic rings. The fraction of sp³-hybridized carbons (Fsp3) is 0.538. The minimum absolute atomic E-state index is 0.0207. The average Bonchev–Trinajstić information content (AvgIpc) is 2.16. The van der Waals surface area contributed by atoms with Gasteiger partial charge in [0, 0.05) is 17.3 Å². The van der Waals surface area contributed by atoms with Crippen LogP contribution in [0.25, 0.3) is 0 Å². The molecule has 15 heavy (non-hydrogen) atoms. The topological polar surface area (TPSA) is 19.9 Å². The highest BCUT2D eigenvalue weighted by Gasteiger charge is 2.47. The van der Waals surface area contributed by atoms with E-state index < -0.39 is 0 Å². The summed E-state index contributed by atoms with van der Waals surface area (Å²) in [6, 6.07) is 9.64. The number of hydroxylamine groups is 2. The zero-order valence-corrected chi connectivity index (χ0v) is 10.3. The first-order valence-corrected chi connectivity index (χ1v) is 5.45. The van der Waals surface area contributed by atoms with Crippen LogP contribution in [0.1, 0.15) is 34.6 Å². The van der Waals surface area contributed by atoms with Crippen LogP contribution >= 0.6 is 0 Å². The van der Waals surface area contributed by atoms with Crippen molar-refractivity contribution in [2.45, 2.75) is 46.2 Å². The Kier molecular flexibility index (Phi) is 3.22. The fourth-order valence-electron chi connectivity index (χ4n) is 2.11. The van der Waals surface area contributed by atoms with E-state index in [0.717, 1.165) is 5.69 Å². The van der Waals surface area contributed by atoms with Gasteiger partial charge in [-0.3, -0.25) is 0 Å². The summed E-state index contributed by atoms with van der Waals surface area (Å²) in [5, 5.41) is 13.0. The summed E-state index contributed by atoms with van der Waals surface area (Å²) in [6.07, 6.45) is 0. The zero-order chi connectivity index (χ0) is 11.7. The molecule has 1 radical (unpaired) electrons. The lowest BCUT2D eigenvalue weighted by molar-refractivity contribution is -0.218. The number of hydrogen-bond acceptors (Lipinski definition) is 0. The summed E-state index contributed by atoms with van der Waals surface area (Å²) in [6.45, 7) is 9.93. The molecule has 0 saturated heterocycles. The van der Waals surface area contributed by atoms with Gasteiger partial charge in [0.05, 0.1) is 0 Å². The molecule has 1 aromatic rings. The number of nitrogens with zero attached hydrogens (tertiary/aromatic N) is 1. The van der Waals surface area contributed by atoms with E-state index >= 15 is 0 Å². The molecule has 0 fully saturated rings. The minimum Gasteiger partial charge on any atom is -0.104 e. The van der Waals surface area contributed by atoms with Crippen LogP contribution in [0.3, 0.4) is 0 Å². The highest BCUT2D eigenvalue weighted by atomic mass is 16.6. The lowest BCUT2D eigenvalue weighted by atomic mass is 10.0. The maximum Gasteiger partial charge on any atom is 0.168 e. The first-order chi connectivity index (χ1) is 6.80. The summed E-state index contributed by atoms with van der Waals surface area (Å²) < 4.78 is -0.284. The van der Waals surface area contributed by atoms with Crippen LogP contribution < -0.4 is 4.65 Å². The molecule has 1 aromatic carbocycles. The van der Waals surface area contributed by atoms with Gasteiger partial charge in [-0.15, -0.1) is 4.65 Å². The molecule has 0 heterocycles. The largest absolute Gasteiger partial charge is 0.168 e. The number of benzene rings is 1. The molecule has 0 aliphatic heterocycles. The molecule has 0 bridgehead atoms. The molecule has 0 aliphatic carbocycles. The van der Waals surface area contributed by atoms with Crippen LogP contribution in [0.5, 0.6) is 0 Å². The third kappa shape index (κ3) is 2.06. The first-order valence-electron chi connectivity index (χ1n) is 5.45. The van der Waals surface area contributed by atoms with Crippen molar-refractivity contribution in [2.75, 3.05) is 0 Å². The summed E-state index contributed by atoms with van der Waals surface area (Å²) in [5.41, 5.74) is 0.496. The molecule has 83 valence electrons. The molecule has 1 atom stereocenters. The molecule has 0 amide bonds. The van der Waals surface area contributed by atoms with E-state index in [1.807, 2.05) is 65.0 Å². The van der Waals surface area contributed by atoms with Gasteiger partial charge in [-0.05, 0) is 34.6 Å². The number of rotatable bonds is 2. The van der Waals surface area contributed by atoms with E-state index in [2.05, 4.69) is 0 Å². The van der Waals surface area contributed by atoms with Gasteiger partial charge in [-0.2, -0.15) is 0 Å². The molecule has 0 spiro atoms. The summed E-state index contributed by atoms with van der Waals surface area (Å²) in [5.74, 6) is 0. The van der Waals surface area contributed by atoms with Crippen molar-refractivity contribution in [1.29, 1.82) is 0 Å². The standard InChI is InChI=1S/C13H21NO/c1-11(2)14(15,13(3,4)5)12-9-7-6-8-10-12/h6-11H,1-5H3/q+1. The third-order valence-electron chi connectivity index (χ3n) is 2.86. The van der Waals surface area contributed by atoms with Crippen molar-refractivity contribution in [1.82, 2.24) is 4.65 Å². The van der Waals surface area contributed by atoms with Crippen molar-refractivity contribution >= 4 is 5.69 Å². The predicted molar refractivity (Wildman–Crippen MR) is 63.8 cm³/mol. The van der Waals surface area contributed by atoms with Gasteiger partial charge >= 0.3 is 0 Å². The highest BCUT2D eigenvalue weighted by Crippen LogP contribution is 2.33. The van der Waals surface area contributed by atoms with Gasteiger partial charge in [-0.25, -0.2) is 0 Å². The van der Waals surface area contributed by atoms with Crippen molar-refractivity contribution in [3.05, 3.63) is 30.3 Å². The van der Waals surface area contributed by atoms with E-state index in [9.17, 15) is 5.21 Å². The molecule has 1 unspecified atom stereocenters. The Balaban J connectivity index is 3.26. The quantitative estimate of drug-likeness (QED) is 0.522. The lowest BCUT2D eigenvalue weighted by Gasteiger charge is -2.40. The Labute approximate surface area is 92.7 Å². The summed E-state index contributed by atoms with van der Waals surface area (Å²) in [7, 11) is 0. The zero-order valence-electron chi connectivity index (χ0n) is 10.3.